The van der Waals surface area contributed by atoms with Crippen LogP contribution >= 0.6 is 0 Å². The van der Waals surface area contributed by atoms with Gasteiger partial charge in [-0.05, 0) is 12.1 Å². The van der Waals surface area contributed by atoms with Gasteiger partial charge in [0.2, 0.25) is 6.29 Å². The van der Waals surface area contributed by atoms with Crippen LogP contribution in [0.3, 0.4) is 0 Å². The van der Waals surface area contributed by atoms with Crippen LogP contribution in [0, 0.1) is 10.1 Å². The lowest BCUT2D eigenvalue weighted by Gasteiger charge is -2.09. The first kappa shape index (κ1) is 10.4. The molecule has 0 aliphatic rings. The van der Waals surface area contributed by atoms with E-state index in [2.05, 4.69) is 0 Å². The lowest BCUT2D eigenvalue weighted by atomic mass is 10.3. The molecule has 0 amide bonds. The first-order chi connectivity index (χ1) is 6.63. The summed E-state index contributed by atoms with van der Waals surface area (Å²) in [4.78, 5) is 9.73. The van der Waals surface area contributed by atoms with Gasteiger partial charge in [-0.1, -0.05) is 0 Å². The highest BCUT2D eigenvalue weighted by atomic mass is 16.6. The van der Waals surface area contributed by atoms with E-state index >= 15 is 0 Å². The lowest BCUT2D eigenvalue weighted by molar-refractivity contribution is -0.384. The zero-order valence-corrected chi connectivity index (χ0v) is 7.16. The molecule has 0 saturated heterocycles. The Hall–Kier alpha value is -1.66. The fourth-order valence-electron chi connectivity index (χ4n) is 0.841. The van der Waals surface area contributed by atoms with Crippen LogP contribution in [0.15, 0.2) is 24.3 Å². The number of rotatable bonds is 4. The Morgan fingerprint density at radius 3 is 2.43 bits per heavy atom. The van der Waals surface area contributed by atoms with Crippen LogP contribution in [0.5, 0.6) is 5.75 Å². The van der Waals surface area contributed by atoms with E-state index < -0.39 is 17.8 Å². The first-order valence-corrected chi connectivity index (χ1v) is 3.83. The third-order valence-corrected chi connectivity index (χ3v) is 1.48. The van der Waals surface area contributed by atoms with Gasteiger partial charge in [0.05, 0.1) is 4.92 Å². The highest BCUT2D eigenvalue weighted by molar-refractivity contribution is 5.35. The van der Waals surface area contributed by atoms with E-state index in [1.165, 1.54) is 24.3 Å². The summed E-state index contributed by atoms with van der Waals surface area (Å²) in [7, 11) is 0. The molecule has 76 valence electrons. The SMILES string of the molecule is O=[N+]([O-])c1ccc(OC(O)CO)cc1. The van der Waals surface area contributed by atoms with Crippen molar-refractivity contribution in [3.8, 4) is 5.75 Å². The fraction of sp³-hybridized carbons (Fsp3) is 0.250. The highest BCUT2D eigenvalue weighted by Gasteiger charge is 2.07. The monoisotopic (exact) mass is 199 g/mol. The highest BCUT2D eigenvalue weighted by Crippen LogP contribution is 2.17. The van der Waals surface area contributed by atoms with Gasteiger partial charge in [-0.2, -0.15) is 0 Å². The van der Waals surface area contributed by atoms with Crippen molar-refractivity contribution < 1.29 is 19.9 Å². The number of nitro benzene ring substituents is 1. The maximum absolute atomic E-state index is 10.3. The number of nitro groups is 1. The third kappa shape index (κ3) is 2.68. The summed E-state index contributed by atoms with van der Waals surface area (Å²) in [5, 5.41) is 27.6. The van der Waals surface area contributed by atoms with Crippen molar-refractivity contribution in [2.24, 2.45) is 0 Å². The van der Waals surface area contributed by atoms with Crippen molar-refractivity contribution in [3.63, 3.8) is 0 Å². The van der Waals surface area contributed by atoms with Gasteiger partial charge in [-0.3, -0.25) is 10.1 Å². The molecule has 2 N–H and O–H groups in total. The molecule has 1 atom stereocenters. The molecular weight excluding hydrogens is 190 g/mol. The normalized spacial score (nSPS) is 12.1. The van der Waals surface area contributed by atoms with Gasteiger partial charge in [0.25, 0.3) is 5.69 Å². The van der Waals surface area contributed by atoms with E-state index in [1.807, 2.05) is 0 Å². The number of aliphatic hydroxyl groups excluding tert-OH is 2. The predicted octanol–water partition coefficient (Wildman–Crippen LogP) is 0.284. The van der Waals surface area contributed by atoms with Gasteiger partial charge in [-0.25, -0.2) is 0 Å². The van der Waals surface area contributed by atoms with Gasteiger partial charge < -0.3 is 14.9 Å². The van der Waals surface area contributed by atoms with Crippen LogP contribution < -0.4 is 4.74 Å². The minimum atomic E-state index is -1.31. The van der Waals surface area contributed by atoms with Crippen LogP contribution in [0.1, 0.15) is 0 Å². The fourth-order valence-corrected chi connectivity index (χ4v) is 0.841. The summed E-state index contributed by atoms with van der Waals surface area (Å²) in [6.45, 7) is -0.531. The van der Waals surface area contributed by atoms with Gasteiger partial charge in [0, 0.05) is 12.1 Å². The standard InChI is InChI=1S/C8H9NO5/c10-5-8(11)14-7-3-1-6(2-4-7)9(12)13/h1-4,8,10-11H,5H2. The number of nitrogens with zero attached hydrogens (tertiary/aromatic N) is 1. The largest absolute Gasteiger partial charge is 0.463 e. The summed E-state index contributed by atoms with van der Waals surface area (Å²) in [5.74, 6) is 0.261. The molecule has 6 nitrogen and oxygen atoms in total. The molecule has 6 heteroatoms. The molecular formula is C8H9NO5. The molecule has 1 aromatic rings. The van der Waals surface area contributed by atoms with Crippen molar-refractivity contribution in [2.45, 2.75) is 6.29 Å². The van der Waals surface area contributed by atoms with Crippen molar-refractivity contribution in [3.05, 3.63) is 34.4 Å². The number of benzene rings is 1. The van der Waals surface area contributed by atoms with Crippen molar-refractivity contribution in [1.82, 2.24) is 0 Å². The Kier molecular flexibility index (Phi) is 3.38. The molecule has 0 aromatic heterocycles. The Labute approximate surface area is 79.5 Å². The van der Waals surface area contributed by atoms with E-state index in [1.54, 1.807) is 0 Å². The molecule has 0 aliphatic carbocycles. The van der Waals surface area contributed by atoms with Crippen LogP contribution in [0.2, 0.25) is 0 Å². The van der Waals surface area contributed by atoms with Crippen LogP contribution in [-0.2, 0) is 0 Å². The van der Waals surface area contributed by atoms with Crippen LogP contribution in [0.25, 0.3) is 0 Å². The quantitative estimate of drug-likeness (QED) is 0.413. The van der Waals surface area contributed by atoms with E-state index in [0.29, 0.717) is 0 Å². The smallest absolute Gasteiger partial charge is 0.269 e. The summed E-state index contributed by atoms with van der Waals surface area (Å²) >= 11 is 0. The van der Waals surface area contributed by atoms with Crippen molar-refractivity contribution in [1.29, 1.82) is 0 Å². The third-order valence-electron chi connectivity index (χ3n) is 1.48. The Morgan fingerprint density at radius 2 is 2.00 bits per heavy atom. The second-order valence-corrected chi connectivity index (χ2v) is 2.51. The molecule has 0 bridgehead atoms. The molecule has 1 rings (SSSR count). The molecule has 1 unspecified atom stereocenters. The van der Waals surface area contributed by atoms with E-state index in [-0.39, 0.29) is 11.4 Å². The topological polar surface area (TPSA) is 92.8 Å². The van der Waals surface area contributed by atoms with Gasteiger partial charge in [0.1, 0.15) is 12.4 Å². The first-order valence-electron chi connectivity index (χ1n) is 3.83. The molecule has 0 aliphatic heterocycles. The Balaban J connectivity index is 2.68. The number of non-ortho nitro benzene ring substituents is 1. The summed E-state index contributed by atoms with van der Waals surface area (Å²) < 4.78 is 4.78. The lowest BCUT2D eigenvalue weighted by Crippen LogP contribution is -2.19. The van der Waals surface area contributed by atoms with Gasteiger partial charge in [0.15, 0.2) is 0 Å². The molecule has 0 heterocycles. The minimum absolute atomic E-state index is 0.0594. The number of hydrogen-bond donors (Lipinski definition) is 2. The number of aliphatic hydroxyl groups is 2. The molecule has 0 saturated carbocycles. The summed E-state index contributed by atoms with van der Waals surface area (Å²) in [6.07, 6.45) is -1.31. The molecule has 0 fully saturated rings. The van der Waals surface area contributed by atoms with Crippen molar-refractivity contribution >= 4 is 5.69 Å². The van der Waals surface area contributed by atoms with E-state index in [4.69, 9.17) is 14.9 Å². The number of ether oxygens (including phenoxy) is 1. The number of hydrogen-bond acceptors (Lipinski definition) is 5. The van der Waals surface area contributed by atoms with E-state index in [0.717, 1.165) is 0 Å². The van der Waals surface area contributed by atoms with Gasteiger partial charge >= 0.3 is 0 Å². The Bertz CT molecular complexity index is 310. The van der Waals surface area contributed by atoms with E-state index in [9.17, 15) is 10.1 Å². The van der Waals surface area contributed by atoms with Gasteiger partial charge in [-0.15, -0.1) is 0 Å². The Morgan fingerprint density at radius 1 is 1.43 bits per heavy atom. The average Bonchev–Trinajstić information content (AvgIpc) is 2.18. The molecule has 0 spiro atoms. The second-order valence-electron chi connectivity index (χ2n) is 2.51. The zero-order valence-electron chi connectivity index (χ0n) is 7.16. The van der Waals surface area contributed by atoms with Crippen LogP contribution in [-0.4, -0.2) is 28.0 Å². The minimum Gasteiger partial charge on any atom is -0.463 e. The second kappa shape index (κ2) is 4.54. The summed E-state index contributed by atoms with van der Waals surface area (Å²) in [6, 6.07) is 5.19. The maximum Gasteiger partial charge on any atom is 0.269 e. The maximum atomic E-state index is 10.3. The molecule has 0 radical (unpaired) electrons. The molecule has 14 heavy (non-hydrogen) atoms. The average molecular weight is 199 g/mol. The zero-order chi connectivity index (χ0) is 10.6. The predicted molar refractivity (Wildman–Crippen MR) is 46.8 cm³/mol. The summed E-state index contributed by atoms with van der Waals surface area (Å²) in [5.41, 5.74) is -0.0594. The molecule has 1 aromatic carbocycles. The van der Waals surface area contributed by atoms with Crippen LogP contribution in [0.4, 0.5) is 5.69 Å². The van der Waals surface area contributed by atoms with Crippen molar-refractivity contribution in [2.75, 3.05) is 6.61 Å².